The van der Waals surface area contributed by atoms with Crippen molar-refractivity contribution in [3.63, 3.8) is 0 Å². The fourth-order valence-corrected chi connectivity index (χ4v) is 1.63. The van der Waals surface area contributed by atoms with Gasteiger partial charge in [-0.15, -0.1) is 0 Å². The van der Waals surface area contributed by atoms with Crippen molar-refractivity contribution in [1.82, 2.24) is 10.3 Å². The summed E-state index contributed by atoms with van der Waals surface area (Å²) in [5.41, 5.74) is 1.79. The molecule has 0 spiro atoms. The topological polar surface area (TPSA) is 61.1 Å². The Bertz CT molecular complexity index is 600. The van der Waals surface area contributed by atoms with Gasteiger partial charge in [-0.2, -0.15) is 5.26 Å². The lowest BCUT2D eigenvalue weighted by Gasteiger charge is -2.04. The van der Waals surface area contributed by atoms with E-state index < -0.39 is 0 Å². The minimum Gasteiger partial charge on any atom is -0.277 e. The molecule has 0 atom stereocenters. The molecule has 0 aliphatic heterocycles. The summed E-state index contributed by atoms with van der Waals surface area (Å²) >= 11 is 5.72. The number of nitriles is 1. The van der Waals surface area contributed by atoms with Crippen LogP contribution in [0.25, 0.3) is 0 Å². The lowest BCUT2D eigenvalue weighted by molar-refractivity contribution is 1.03. The lowest BCUT2D eigenvalue weighted by atomic mass is 10.2. The summed E-state index contributed by atoms with van der Waals surface area (Å²) in [4.78, 5) is 8.37. The third kappa shape index (κ3) is 3.80. The Balaban J connectivity index is 2.18. The van der Waals surface area contributed by atoms with E-state index in [1.165, 1.54) is 0 Å². The minimum absolute atomic E-state index is 0.434. The zero-order valence-corrected chi connectivity index (χ0v) is 10.8. The van der Waals surface area contributed by atoms with Crippen LogP contribution in [0.4, 0.5) is 0 Å². The van der Waals surface area contributed by atoms with Crippen LogP contribution >= 0.6 is 11.6 Å². The standard InChI is InChI=1S/C14H11ClN4/c15-13-7-6-11(8-17-13)9-18-14(19-10-16)12-4-2-1-3-5-12/h1-8H,9H2,(H,18,19). The van der Waals surface area contributed by atoms with E-state index in [1.807, 2.05) is 42.6 Å². The first-order valence-electron chi connectivity index (χ1n) is 5.65. The number of benzene rings is 1. The van der Waals surface area contributed by atoms with Gasteiger partial charge in [0.2, 0.25) is 0 Å². The molecule has 0 aliphatic carbocycles. The predicted molar refractivity (Wildman–Crippen MR) is 74.7 cm³/mol. The number of halogens is 1. The van der Waals surface area contributed by atoms with Crippen LogP contribution in [-0.4, -0.2) is 10.8 Å². The van der Waals surface area contributed by atoms with E-state index in [2.05, 4.69) is 15.3 Å². The molecular formula is C14H11ClN4. The van der Waals surface area contributed by atoms with Gasteiger partial charge in [-0.05, 0) is 11.6 Å². The maximum Gasteiger partial charge on any atom is 0.182 e. The van der Waals surface area contributed by atoms with Crippen LogP contribution in [0.15, 0.2) is 53.7 Å². The fraction of sp³-hybridized carbons (Fsp3) is 0.0714. The molecule has 0 radical (unpaired) electrons. The number of hydrogen-bond acceptors (Lipinski definition) is 3. The first-order valence-corrected chi connectivity index (χ1v) is 6.03. The van der Waals surface area contributed by atoms with Crippen molar-refractivity contribution in [2.45, 2.75) is 6.54 Å². The highest BCUT2D eigenvalue weighted by Gasteiger charge is 2.01. The first kappa shape index (κ1) is 13.1. The van der Waals surface area contributed by atoms with Crippen molar-refractivity contribution in [1.29, 1.82) is 5.26 Å². The molecular weight excluding hydrogens is 260 g/mol. The molecule has 0 unspecified atom stereocenters. The van der Waals surface area contributed by atoms with Gasteiger partial charge in [-0.1, -0.05) is 48.0 Å². The maximum absolute atomic E-state index is 8.76. The Kier molecular flexibility index (Phi) is 4.49. The average molecular weight is 271 g/mol. The highest BCUT2D eigenvalue weighted by molar-refractivity contribution is 6.29. The lowest BCUT2D eigenvalue weighted by Crippen LogP contribution is -2.19. The van der Waals surface area contributed by atoms with Crippen LogP contribution in [0.2, 0.25) is 5.15 Å². The summed E-state index contributed by atoms with van der Waals surface area (Å²) < 4.78 is 0. The van der Waals surface area contributed by atoms with Gasteiger partial charge in [0.15, 0.2) is 6.19 Å². The fourth-order valence-electron chi connectivity index (χ4n) is 1.52. The number of hydrogen-bond donors (Lipinski definition) is 1. The van der Waals surface area contributed by atoms with Crippen LogP contribution in [0.1, 0.15) is 11.1 Å². The number of rotatable bonds is 3. The zero-order valence-electron chi connectivity index (χ0n) is 10.0. The normalized spacial score (nSPS) is 10.8. The van der Waals surface area contributed by atoms with Gasteiger partial charge in [0, 0.05) is 11.8 Å². The van der Waals surface area contributed by atoms with Crippen molar-refractivity contribution in [2.75, 3.05) is 0 Å². The van der Waals surface area contributed by atoms with Crippen LogP contribution < -0.4 is 5.32 Å². The largest absolute Gasteiger partial charge is 0.277 e. The Labute approximate surface area is 116 Å². The van der Waals surface area contributed by atoms with E-state index in [9.17, 15) is 0 Å². The van der Waals surface area contributed by atoms with E-state index in [4.69, 9.17) is 16.9 Å². The highest BCUT2D eigenvalue weighted by Crippen LogP contribution is 2.07. The van der Waals surface area contributed by atoms with Gasteiger partial charge in [0.1, 0.15) is 11.0 Å². The van der Waals surface area contributed by atoms with Crippen molar-refractivity contribution < 1.29 is 0 Å². The van der Waals surface area contributed by atoms with Crippen LogP contribution in [-0.2, 0) is 6.54 Å². The molecule has 1 N–H and O–H groups in total. The quantitative estimate of drug-likeness (QED) is 0.307. The molecule has 1 aromatic carbocycles. The number of pyridine rings is 1. The molecule has 1 heterocycles. The average Bonchev–Trinajstić information content (AvgIpc) is 2.46. The van der Waals surface area contributed by atoms with E-state index in [0.29, 0.717) is 17.5 Å². The summed E-state index contributed by atoms with van der Waals surface area (Å²) in [7, 11) is 0. The third-order valence-electron chi connectivity index (χ3n) is 2.43. The molecule has 0 saturated heterocycles. The number of aromatic nitrogens is 1. The van der Waals surface area contributed by atoms with Gasteiger partial charge in [0.25, 0.3) is 0 Å². The maximum atomic E-state index is 8.76. The molecule has 0 bridgehead atoms. The molecule has 19 heavy (non-hydrogen) atoms. The Morgan fingerprint density at radius 2 is 2.05 bits per heavy atom. The van der Waals surface area contributed by atoms with Gasteiger partial charge in [-0.25, -0.2) is 4.98 Å². The van der Waals surface area contributed by atoms with Crippen LogP contribution in [0, 0.1) is 11.5 Å². The second kappa shape index (κ2) is 6.53. The number of aliphatic imine (C=N–C) groups is 1. The summed E-state index contributed by atoms with van der Waals surface area (Å²) in [5, 5.41) is 11.8. The van der Waals surface area contributed by atoms with E-state index in [0.717, 1.165) is 11.1 Å². The highest BCUT2D eigenvalue weighted by atomic mass is 35.5. The van der Waals surface area contributed by atoms with E-state index in [1.54, 1.807) is 12.3 Å². The predicted octanol–water partition coefficient (Wildman–Crippen LogP) is 2.75. The summed E-state index contributed by atoms with van der Waals surface area (Å²) in [6.07, 6.45) is 3.56. The number of nitrogens with zero attached hydrogens (tertiary/aromatic N) is 3. The van der Waals surface area contributed by atoms with Crippen molar-refractivity contribution >= 4 is 17.4 Å². The SMILES string of the molecule is N#CNC(=NCc1ccc(Cl)nc1)c1ccccc1. The smallest absolute Gasteiger partial charge is 0.182 e. The van der Waals surface area contributed by atoms with E-state index >= 15 is 0 Å². The van der Waals surface area contributed by atoms with Crippen molar-refractivity contribution in [3.8, 4) is 6.19 Å². The van der Waals surface area contributed by atoms with Crippen LogP contribution in [0.3, 0.4) is 0 Å². The van der Waals surface area contributed by atoms with Crippen molar-refractivity contribution in [3.05, 3.63) is 64.9 Å². The molecule has 4 nitrogen and oxygen atoms in total. The monoisotopic (exact) mass is 270 g/mol. The molecule has 0 saturated carbocycles. The number of amidine groups is 1. The molecule has 1 aromatic heterocycles. The third-order valence-corrected chi connectivity index (χ3v) is 2.65. The Morgan fingerprint density at radius 3 is 2.68 bits per heavy atom. The van der Waals surface area contributed by atoms with Gasteiger partial charge < -0.3 is 0 Å². The second-order valence-corrected chi connectivity index (χ2v) is 4.14. The molecule has 2 rings (SSSR count). The second-order valence-electron chi connectivity index (χ2n) is 3.76. The molecule has 0 aliphatic rings. The van der Waals surface area contributed by atoms with Gasteiger partial charge in [-0.3, -0.25) is 10.3 Å². The summed E-state index contributed by atoms with van der Waals surface area (Å²) in [6, 6.07) is 13.1. The molecule has 2 aromatic rings. The summed E-state index contributed by atoms with van der Waals surface area (Å²) in [6.45, 7) is 0.434. The zero-order chi connectivity index (χ0) is 13.5. The molecule has 5 heteroatoms. The van der Waals surface area contributed by atoms with Gasteiger partial charge in [0.05, 0.1) is 6.54 Å². The minimum atomic E-state index is 0.434. The number of nitrogens with one attached hydrogen (secondary N) is 1. The molecule has 0 amide bonds. The molecule has 0 fully saturated rings. The molecule has 94 valence electrons. The first-order chi connectivity index (χ1) is 9.29. The van der Waals surface area contributed by atoms with E-state index in [-0.39, 0.29) is 0 Å². The van der Waals surface area contributed by atoms with Crippen LogP contribution in [0.5, 0.6) is 0 Å². The van der Waals surface area contributed by atoms with Crippen molar-refractivity contribution in [2.24, 2.45) is 4.99 Å². The Hall–Kier alpha value is -2.38. The van der Waals surface area contributed by atoms with Gasteiger partial charge >= 0.3 is 0 Å². The Morgan fingerprint density at radius 1 is 1.26 bits per heavy atom. The summed E-state index contributed by atoms with van der Waals surface area (Å²) in [5.74, 6) is 0.540.